The molecule has 1 unspecified atom stereocenters. The molecular weight excluding hydrogens is 392 g/mol. The number of fused-ring (bicyclic) bond motifs is 2. The second-order valence-electron chi connectivity index (χ2n) is 8.68. The van der Waals surface area contributed by atoms with Crippen LogP contribution in [-0.2, 0) is 11.3 Å². The molecule has 1 aromatic heterocycles. The van der Waals surface area contributed by atoms with Crippen molar-refractivity contribution in [3.05, 3.63) is 45.1 Å². The first-order valence-electron chi connectivity index (χ1n) is 11.5. The van der Waals surface area contributed by atoms with Gasteiger partial charge in [-0.3, -0.25) is 14.6 Å². The van der Waals surface area contributed by atoms with E-state index < -0.39 is 0 Å². The molecule has 166 valence electrons. The van der Waals surface area contributed by atoms with Crippen LogP contribution < -0.4 is 26.6 Å². The Morgan fingerprint density at radius 2 is 2.16 bits per heavy atom. The van der Waals surface area contributed by atoms with Gasteiger partial charge in [0.2, 0.25) is 11.5 Å². The van der Waals surface area contributed by atoms with Crippen molar-refractivity contribution in [3.63, 3.8) is 0 Å². The molecular formula is C24H32N4O3. The molecule has 1 aromatic carbocycles. The van der Waals surface area contributed by atoms with Crippen LogP contribution in [0.25, 0.3) is 6.58 Å². The predicted octanol–water partition coefficient (Wildman–Crippen LogP) is 2.68. The van der Waals surface area contributed by atoms with Gasteiger partial charge in [-0.05, 0) is 37.3 Å². The van der Waals surface area contributed by atoms with Gasteiger partial charge in [0.1, 0.15) is 11.1 Å². The van der Waals surface area contributed by atoms with Gasteiger partial charge < -0.3 is 14.6 Å². The summed E-state index contributed by atoms with van der Waals surface area (Å²) in [4.78, 5) is 31.5. The molecule has 2 aliphatic rings. The van der Waals surface area contributed by atoms with Crippen LogP contribution in [0.15, 0.2) is 28.0 Å². The lowest BCUT2D eigenvalue weighted by molar-refractivity contribution is -0.122. The molecule has 2 N–H and O–H groups in total. The van der Waals surface area contributed by atoms with Gasteiger partial charge in [-0.1, -0.05) is 45.3 Å². The average Bonchev–Trinajstić information content (AvgIpc) is 3.36. The number of hydrogen-bond acceptors (Lipinski definition) is 4. The van der Waals surface area contributed by atoms with Gasteiger partial charge in [0.25, 0.3) is 5.56 Å². The molecule has 0 saturated heterocycles. The summed E-state index contributed by atoms with van der Waals surface area (Å²) >= 11 is 0. The summed E-state index contributed by atoms with van der Waals surface area (Å²) in [5.74, 6) is 0.878. The number of carbonyl (C=O) groups is 1. The maximum atomic E-state index is 12.3. The van der Waals surface area contributed by atoms with Crippen LogP contribution >= 0.6 is 0 Å². The van der Waals surface area contributed by atoms with Crippen molar-refractivity contribution in [2.24, 2.45) is 4.99 Å². The first-order valence-corrected chi connectivity index (χ1v) is 11.5. The Morgan fingerprint density at radius 1 is 1.35 bits per heavy atom. The van der Waals surface area contributed by atoms with E-state index in [9.17, 15) is 9.59 Å². The third-order valence-corrected chi connectivity index (χ3v) is 6.28. The fourth-order valence-electron chi connectivity index (χ4n) is 4.44. The van der Waals surface area contributed by atoms with E-state index in [1.54, 1.807) is 4.57 Å². The van der Waals surface area contributed by atoms with Crippen molar-refractivity contribution >= 4 is 18.2 Å². The number of hydrogen-bond donors (Lipinski definition) is 2. The lowest BCUT2D eigenvalue weighted by atomic mass is 10.1. The van der Waals surface area contributed by atoms with E-state index in [4.69, 9.17) is 4.74 Å². The summed E-state index contributed by atoms with van der Waals surface area (Å²) in [6.45, 7) is 6.54. The molecule has 0 radical (unpaired) electrons. The highest BCUT2D eigenvalue weighted by Crippen LogP contribution is 2.28. The molecule has 1 fully saturated rings. The molecule has 7 heteroatoms. The number of ether oxygens (including phenoxy) is 1. The predicted molar refractivity (Wildman–Crippen MR) is 120 cm³/mol. The number of imidazole rings is 1. The summed E-state index contributed by atoms with van der Waals surface area (Å²) in [5.41, 5.74) is 2.13. The summed E-state index contributed by atoms with van der Waals surface area (Å²) in [6, 6.07) is 6.22. The van der Waals surface area contributed by atoms with E-state index in [0.717, 1.165) is 49.1 Å². The fourth-order valence-corrected chi connectivity index (χ4v) is 4.44. The number of H-pyrrole nitrogens is 1. The van der Waals surface area contributed by atoms with Crippen molar-refractivity contribution in [3.8, 4) is 5.75 Å². The number of benzene rings is 1. The fraction of sp³-hybridized carbons (Fsp3) is 0.542. The number of aromatic nitrogens is 2. The monoisotopic (exact) mass is 424 g/mol. The average molecular weight is 425 g/mol. The van der Waals surface area contributed by atoms with Crippen molar-refractivity contribution in [2.75, 3.05) is 0 Å². The summed E-state index contributed by atoms with van der Waals surface area (Å²) in [5, 5.41) is 3.58. The van der Waals surface area contributed by atoms with E-state index >= 15 is 0 Å². The number of unbranched alkanes of at least 4 members (excludes halogenated alkanes) is 1. The summed E-state index contributed by atoms with van der Waals surface area (Å²) in [6.07, 6.45) is 8.88. The van der Waals surface area contributed by atoms with Gasteiger partial charge >= 0.3 is 0 Å². The Labute approximate surface area is 182 Å². The number of rotatable bonds is 9. The number of nitrogens with zero attached hydrogens (tertiary/aromatic N) is 2. The van der Waals surface area contributed by atoms with Crippen LogP contribution in [0.2, 0.25) is 0 Å². The number of carbonyl (C=O) groups excluding carboxylic acids is 1. The molecule has 1 aliphatic carbocycles. The minimum absolute atomic E-state index is 0.00830. The van der Waals surface area contributed by atoms with Gasteiger partial charge in [-0.15, -0.1) is 0 Å². The highest BCUT2D eigenvalue weighted by molar-refractivity contribution is 5.76. The van der Waals surface area contributed by atoms with Gasteiger partial charge in [-0.2, -0.15) is 0 Å². The second-order valence-corrected chi connectivity index (χ2v) is 8.68. The quantitative estimate of drug-likeness (QED) is 0.554. The molecule has 1 atom stereocenters. The van der Waals surface area contributed by atoms with E-state index in [2.05, 4.69) is 28.8 Å². The molecule has 31 heavy (non-hydrogen) atoms. The minimum atomic E-state index is -0.210. The third-order valence-electron chi connectivity index (χ3n) is 6.28. The molecule has 0 spiro atoms. The zero-order valence-corrected chi connectivity index (χ0v) is 18.3. The van der Waals surface area contributed by atoms with Gasteiger partial charge in [0.15, 0.2) is 0 Å². The van der Waals surface area contributed by atoms with E-state index in [-0.39, 0.29) is 17.6 Å². The number of nitrogens with one attached hydrogen (secondary N) is 2. The topological polar surface area (TPSA) is 88.5 Å². The third kappa shape index (κ3) is 5.09. The second kappa shape index (κ2) is 9.54. The van der Waals surface area contributed by atoms with Gasteiger partial charge in [0, 0.05) is 18.5 Å². The molecule has 4 rings (SSSR count). The largest absolute Gasteiger partial charge is 0.490 e. The highest BCUT2D eigenvalue weighted by Gasteiger charge is 2.19. The smallest absolute Gasteiger partial charge is 0.274 e. The molecule has 1 amide bonds. The van der Waals surface area contributed by atoms with Gasteiger partial charge in [0.05, 0.1) is 18.3 Å². The normalized spacial score (nSPS) is 16.3. The first-order chi connectivity index (χ1) is 15.0. The molecule has 1 aliphatic heterocycles. The Kier molecular flexibility index (Phi) is 6.59. The first kappa shape index (κ1) is 21.4. The highest BCUT2D eigenvalue weighted by atomic mass is 16.5. The maximum absolute atomic E-state index is 12.3. The Hall–Kier alpha value is -2.83. The molecule has 0 bridgehead atoms. The van der Waals surface area contributed by atoms with E-state index in [1.807, 2.05) is 18.2 Å². The van der Waals surface area contributed by atoms with E-state index in [0.29, 0.717) is 36.4 Å². The summed E-state index contributed by atoms with van der Waals surface area (Å²) < 4.78 is 8.08. The van der Waals surface area contributed by atoms with Crippen molar-refractivity contribution in [1.82, 2.24) is 14.9 Å². The lowest BCUT2D eigenvalue weighted by Gasteiger charge is -2.21. The zero-order valence-electron chi connectivity index (χ0n) is 18.3. The number of amides is 1. The maximum Gasteiger partial charge on any atom is 0.274 e. The van der Waals surface area contributed by atoms with E-state index in [1.165, 1.54) is 12.8 Å². The van der Waals surface area contributed by atoms with Crippen molar-refractivity contribution in [2.45, 2.75) is 83.4 Å². The Balaban J connectivity index is 1.43. The molecule has 1 saturated carbocycles. The Bertz CT molecular complexity index is 1100. The SMILES string of the molecule is C=c1c(=O)[nH]c2n1Cc1ccc(OC(CCCC)CCC(=O)NC3CCCC3)cc1N=2. The van der Waals surface area contributed by atoms with Crippen LogP contribution in [0.3, 0.4) is 0 Å². The molecule has 2 aromatic rings. The number of aromatic amines is 1. The zero-order chi connectivity index (χ0) is 21.8. The standard InChI is InChI=1S/C24H32N4O3/c1-3-4-9-19(12-13-22(29)25-18-7-5-6-8-18)31-20-11-10-17-15-28-16(2)23(30)27-24(28)26-21(17)14-20/h10-11,14,18-19H,2-9,12-13,15H2,1H3,(H,25,29)(H,26,27,30). The van der Waals surface area contributed by atoms with Crippen LogP contribution in [-0.4, -0.2) is 27.6 Å². The van der Waals surface area contributed by atoms with Gasteiger partial charge in [-0.25, -0.2) is 4.99 Å². The molecule has 2 heterocycles. The minimum Gasteiger partial charge on any atom is -0.490 e. The van der Waals surface area contributed by atoms with Crippen LogP contribution in [0.4, 0.5) is 5.69 Å². The lowest BCUT2D eigenvalue weighted by Crippen LogP contribution is -2.33. The van der Waals surface area contributed by atoms with Crippen LogP contribution in [0.1, 0.15) is 70.3 Å². The molecule has 7 nitrogen and oxygen atoms in total. The van der Waals surface area contributed by atoms with Crippen LogP contribution in [0, 0.1) is 0 Å². The van der Waals surface area contributed by atoms with Crippen LogP contribution in [0.5, 0.6) is 5.75 Å². The summed E-state index contributed by atoms with van der Waals surface area (Å²) in [7, 11) is 0. The Morgan fingerprint density at radius 3 is 2.94 bits per heavy atom. The van der Waals surface area contributed by atoms with Crippen molar-refractivity contribution < 1.29 is 9.53 Å². The van der Waals surface area contributed by atoms with Crippen molar-refractivity contribution in [1.29, 1.82) is 0 Å².